The molecular weight excluding hydrogens is 242 g/mol. The van der Waals surface area contributed by atoms with Crippen molar-refractivity contribution in [3.8, 4) is 0 Å². The molecule has 0 aromatic rings. The Bertz CT molecular complexity index is 352. The molecule has 1 fully saturated rings. The van der Waals surface area contributed by atoms with Gasteiger partial charge < -0.3 is 10.0 Å². The van der Waals surface area contributed by atoms with Crippen molar-refractivity contribution in [1.82, 2.24) is 4.90 Å². The zero-order valence-electron chi connectivity index (χ0n) is 10.3. The summed E-state index contributed by atoms with van der Waals surface area (Å²) in [6, 6.07) is 0. The summed E-state index contributed by atoms with van der Waals surface area (Å²) in [5.74, 6) is -0.165. The second kappa shape index (κ2) is 6.35. The van der Waals surface area contributed by atoms with Gasteiger partial charge >= 0.3 is 0 Å². The molecule has 17 heavy (non-hydrogen) atoms. The van der Waals surface area contributed by atoms with Crippen LogP contribution in [0, 0.1) is 0 Å². The largest absolute Gasteiger partial charge is 0.396 e. The molecule has 5 nitrogen and oxygen atoms in total. The molecule has 0 aromatic carbocycles. The number of carbonyl (C=O) groups is 1. The molecule has 0 radical (unpaired) electrons. The summed E-state index contributed by atoms with van der Waals surface area (Å²) in [4.78, 5) is 13.6. The van der Waals surface area contributed by atoms with Crippen molar-refractivity contribution in [3.05, 3.63) is 0 Å². The molecule has 0 aliphatic carbocycles. The van der Waals surface area contributed by atoms with Gasteiger partial charge in [-0.3, -0.25) is 4.79 Å². The maximum Gasteiger partial charge on any atom is 0.240 e. The van der Waals surface area contributed by atoms with Gasteiger partial charge in [-0.05, 0) is 26.2 Å². The first kappa shape index (κ1) is 14.4. The van der Waals surface area contributed by atoms with Gasteiger partial charge in [-0.25, -0.2) is 8.42 Å². The van der Waals surface area contributed by atoms with Crippen LogP contribution in [0.5, 0.6) is 0 Å². The van der Waals surface area contributed by atoms with Gasteiger partial charge in [-0.15, -0.1) is 0 Å². The van der Waals surface area contributed by atoms with Gasteiger partial charge in [-0.1, -0.05) is 6.42 Å². The lowest BCUT2D eigenvalue weighted by atomic mass is 10.1. The molecule has 0 spiro atoms. The number of hydrogen-bond acceptors (Lipinski definition) is 4. The van der Waals surface area contributed by atoms with Crippen molar-refractivity contribution in [2.45, 2.75) is 37.9 Å². The lowest BCUT2D eigenvalue weighted by Gasteiger charge is -2.28. The summed E-state index contributed by atoms with van der Waals surface area (Å²) in [5.41, 5.74) is 0. The number of hydrogen-bond donors (Lipinski definition) is 1. The number of rotatable bonds is 5. The average molecular weight is 263 g/mol. The molecule has 1 aliphatic rings. The second-order valence-electron chi connectivity index (χ2n) is 4.35. The first-order valence-corrected chi connectivity index (χ1v) is 7.85. The Morgan fingerprint density at radius 1 is 1.41 bits per heavy atom. The number of aliphatic hydroxyl groups excluding tert-OH is 1. The molecule has 1 unspecified atom stereocenters. The normalized spacial score (nSPS) is 23.3. The number of sulfone groups is 1. The Kier molecular flexibility index (Phi) is 5.39. The lowest BCUT2D eigenvalue weighted by Crippen LogP contribution is -2.45. The van der Waals surface area contributed by atoms with E-state index in [4.69, 9.17) is 5.11 Å². The SMILES string of the molecule is CCN(CCCO)C(=O)C1CCCCS1(=O)=O. The zero-order chi connectivity index (χ0) is 12.9. The van der Waals surface area contributed by atoms with Crippen LogP contribution in [0.4, 0.5) is 0 Å². The number of aliphatic hydroxyl groups is 1. The third-order valence-corrected chi connectivity index (χ3v) is 5.30. The fraction of sp³-hybridized carbons (Fsp3) is 0.909. The highest BCUT2D eigenvalue weighted by atomic mass is 32.2. The summed E-state index contributed by atoms with van der Waals surface area (Å²) in [5, 5.41) is 7.90. The Labute approximate surface area is 103 Å². The molecule has 1 saturated heterocycles. The van der Waals surface area contributed by atoms with Gasteiger partial charge in [0, 0.05) is 19.7 Å². The van der Waals surface area contributed by atoms with Crippen molar-refractivity contribution < 1.29 is 18.3 Å². The molecule has 1 atom stereocenters. The third-order valence-electron chi connectivity index (χ3n) is 3.13. The lowest BCUT2D eigenvalue weighted by molar-refractivity contribution is -0.130. The molecule has 100 valence electrons. The van der Waals surface area contributed by atoms with Crippen LogP contribution < -0.4 is 0 Å². The molecule has 1 aliphatic heterocycles. The van der Waals surface area contributed by atoms with E-state index in [9.17, 15) is 13.2 Å². The minimum absolute atomic E-state index is 0.0151. The molecule has 1 rings (SSSR count). The highest BCUT2D eigenvalue weighted by molar-refractivity contribution is 7.92. The van der Waals surface area contributed by atoms with Crippen LogP contribution in [0.15, 0.2) is 0 Å². The van der Waals surface area contributed by atoms with Crippen LogP contribution >= 0.6 is 0 Å². The van der Waals surface area contributed by atoms with E-state index in [0.29, 0.717) is 32.4 Å². The fourth-order valence-corrected chi connectivity index (χ4v) is 3.99. The van der Waals surface area contributed by atoms with E-state index in [0.717, 1.165) is 6.42 Å². The van der Waals surface area contributed by atoms with Crippen LogP contribution in [0.25, 0.3) is 0 Å². The molecule has 1 heterocycles. The van der Waals surface area contributed by atoms with Crippen LogP contribution in [0.1, 0.15) is 32.6 Å². The Balaban J connectivity index is 2.72. The minimum Gasteiger partial charge on any atom is -0.396 e. The van der Waals surface area contributed by atoms with Crippen LogP contribution in [0.2, 0.25) is 0 Å². The van der Waals surface area contributed by atoms with E-state index < -0.39 is 15.1 Å². The smallest absolute Gasteiger partial charge is 0.240 e. The minimum atomic E-state index is -3.26. The van der Waals surface area contributed by atoms with Gasteiger partial charge in [-0.2, -0.15) is 0 Å². The van der Waals surface area contributed by atoms with E-state index in [1.54, 1.807) is 0 Å². The maximum absolute atomic E-state index is 12.1. The predicted octanol–water partition coefficient (Wildman–Crippen LogP) is 0.185. The summed E-state index contributed by atoms with van der Waals surface area (Å²) < 4.78 is 23.6. The van der Waals surface area contributed by atoms with Crippen molar-refractivity contribution in [1.29, 1.82) is 0 Å². The van der Waals surface area contributed by atoms with Crippen LogP contribution in [0.3, 0.4) is 0 Å². The second-order valence-corrected chi connectivity index (χ2v) is 6.65. The standard InChI is InChI=1S/C11H21NO4S/c1-2-12(7-5-8-13)11(14)10-6-3-4-9-17(10,15)16/h10,13H,2-9H2,1H3. The molecule has 0 bridgehead atoms. The van der Waals surface area contributed by atoms with E-state index in [1.165, 1.54) is 4.90 Å². The molecular formula is C11H21NO4S. The predicted molar refractivity (Wildman–Crippen MR) is 65.4 cm³/mol. The van der Waals surface area contributed by atoms with Crippen molar-refractivity contribution in [2.24, 2.45) is 0 Å². The van der Waals surface area contributed by atoms with Gasteiger partial charge in [0.25, 0.3) is 0 Å². The first-order chi connectivity index (χ1) is 8.03. The summed E-state index contributed by atoms with van der Waals surface area (Å²) in [6.45, 7) is 2.76. The Morgan fingerprint density at radius 3 is 2.65 bits per heavy atom. The number of carbonyl (C=O) groups excluding carboxylic acids is 1. The van der Waals surface area contributed by atoms with Crippen molar-refractivity contribution in [3.63, 3.8) is 0 Å². The molecule has 6 heteroatoms. The van der Waals surface area contributed by atoms with Crippen LogP contribution in [-0.2, 0) is 14.6 Å². The highest BCUT2D eigenvalue weighted by Crippen LogP contribution is 2.21. The molecule has 0 aromatic heterocycles. The van der Waals surface area contributed by atoms with E-state index >= 15 is 0 Å². The first-order valence-electron chi connectivity index (χ1n) is 6.14. The Morgan fingerprint density at radius 2 is 2.12 bits per heavy atom. The van der Waals surface area contributed by atoms with Crippen molar-refractivity contribution in [2.75, 3.05) is 25.4 Å². The molecule has 1 N–H and O–H groups in total. The van der Waals surface area contributed by atoms with Crippen molar-refractivity contribution >= 4 is 15.7 Å². The third kappa shape index (κ3) is 3.67. The summed E-state index contributed by atoms with van der Waals surface area (Å²) in [6.07, 6.45) is 2.39. The fourth-order valence-electron chi connectivity index (χ4n) is 2.12. The maximum atomic E-state index is 12.1. The zero-order valence-corrected chi connectivity index (χ0v) is 11.1. The van der Waals surface area contributed by atoms with Crippen LogP contribution in [-0.4, -0.2) is 55.0 Å². The Hall–Kier alpha value is -0.620. The molecule has 0 saturated carbocycles. The van der Waals surface area contributed by atoms with E-state index in [-0.39, 0.29) is 18.3 Å². The number of amides is 1. The monoisotopic (exact) mass is 263 g/mol. The van der Waals surface area contributed by atoms with E-state index in [1.807, 2.05) is 6.92 Å². The van der Waals surface area contributed by atoms with Gasteiger partial charge in [0.15, 0.2) is 9.84 Å². The summed E-state index contributed by atoms with van der Waals surface area (Å²) >= 11 is 0. The highest BCUT2D eigenvalue weighted by Gasteiger charge is 2.36. The summed E-state index contributed by atoms with van der Waals surface area (Å²) in [7, 11) is -3.26. The van der Waals surface area contributed by atoms with Gasteiger partial charge in [0.1, 0.15) is 5.25 Å². The quantitative estimate of drug-likeness (QED) is 0.768. The van der Waals surface area contributed by atoms with Gasteiger partial charge in [0.05, 0.1) is 5.75 Å². The topological polar surface area (TPSA) is 74.7 Å². The number of nitrogens with zero attached hydrogens (tertiary/aromatic N) is 1. The molecule has 1 amide bonds. The van der Waals surface area contributed by atoms with E-state index in [2.05, 4.69) is 0 Å². The average Bonchev–Trinajstić information content (AvgIpc) is 2.29. The van der Waals surface area contributed by atoms with Gasteiger partial charge in [0.2, 0.25) is 5.91 Å².